The Labute approximate surface area is 308 Å². The minimum Gasteiger partial charge on any atom is -0.485 e. The zero-order valence-electron chi connectivity index (χ0n) is 29.1. The van der Waals surface area contributed by atoms with Gasteiger partial charge in [0.25, 0.3) is 0 Å². The molecule has 0 radical (unpaired) electrons. The van der Waals surface area contributed by atoms with Gasteiger partial charge in [-0.3, -0.25) is 0 Å². The van der Waals surface area contributed by atoms with Gasteiger partial charge in [-0.15, -0.1) is 0 Å². The number of amidine groups is 2. The second kappa shape index (κ2) is 11.8. The van der Waals surface area contributed by atoms with Gasteiger partial charge in [0.15, 0.2) is 5.84 Å². The standard InChI is InChI=1S/C48H36N4O/c1-2-11-32(12-3-1)45-50-46(33-23-21-30(22-24-33)35-16-10-13-31-27-28-49-44(31)35)52-47(51-45)34-25-26-43-41(29-34)48(40-19-8-9-20-42(40)53-43)38-17-6-4-14-36(38)37-15-5-7-18-39(37)48/h1-6,8-17,19,21-29,42,45,49H,7,18,20H2,(H,50,51,52). The van der Waals surface area contributed by atoms with E-state index in [1.807, 2.05) is 12.3 Å². The second-order valence-electron chi connectivity index (χ2n) is 14.4. The number of rotatable bonds is 4. The summed E-state index contributed by atoms with van der Waals surface area (Å²) in [7, 11) is 0. The minimum atomic E-state index is -0.404. The molecule has 5 aliphatic rings. The van der Waals surface area contributed by atoms with Crippen LogP contribution in [0.3, 0.4) is 0 Å². The summed E-state index contributed by atoms with van der Waals surface area (Å²) in [6.45, 7) is 0. The van der Waals surface area contributed by atoms with Gasteiger partial charge in [-0.25, -0.2) is 9.98 Å². The summed E-state index contributed by atoms with van der Waals surface area (Å²) in [6.07, 6.45) is 16.0. The fourth-order valence-corrected chi connectivity index (χ4v) is 9.27. The number of nitrogens with one attached hydrogen (secondary N) is 2. The van der Waals surface area contributed by atoms with Crippen molar-refractivity contribution in [2.45, 2.75) is 36.9 Å². The molecule has 3 aliphatic carbocycles. The summed E-state index contributed by atoms with van der Waals surface area (Å²) < 4.78 is 6.86. The van der Waals surface area contributed by atoms with Gasteiger partial charge in [0.2, 0.25) is 0 Å². The maximum Gasteiger partial charge on any atom is 0.159 e. The molecule has 11 rings (SSSR count). The zero-order valence-corrected chi connectivity index (χ0v) is 29.1. The average Bonchev–Trinajstić information content (AvgIpc) is 3.83. The summed E-state index contributed by atoms with van der Waals surface area (Å²) in [5.41, 5.74) is 14.2. The van der Waals surface area contributed by atoms with E-state index in [0.29, 0.717) is 5.84 Å². The Balaban J connectivity index is 1.06. The molecular formula is C48H36N4O. The molecule has 2 aliphatic heterocycles. The lowest BCUT2D eigenvalue weighted by Crippen LogP contribution is -2.43. The average molecular weight is 685 g/mol. The topological polar surface area (TPSA) is 61.8 Å². The molecule has 0 bridgehead atoms. The highest BCUT2D eigenvalue weighted by Crippen LogP contribution is 2.62. The highest BCUT2D eigenvalue weighted by Gasteiger charge is 2.54. The Hall–Kier alpha value is -6.46. The van der Waals surface area contributed by atoms with E-state index in [0.717, 1.165) is 58.6 Å². The third kappa shape index (κ3) is 4.56. The van der Waals surface area contributed by atoms with Crippen molar-refractivity contribution in [2.24, 2.45) is 9.98 Å². The molecule has 3 unspecified atom stereocenters. The number of fused-ring (bicyclic) bond motifs is 9. The van der Waals surface area contributed by atoms with Crippen LogP contribution >= 0.6 is 0 Å². The summed E-state index contributed by atoms with van der Waals surface area (Å²) in [6, 6.07) is 43.3. The Morgan fingerprint density at radius 2 is 1.57 bits per heavy atom. The van der Waals surface area contributed by atoms with Crippen LogP contribution in [0.4, 0.5) is 0 Å². The molecule has 2 N–H and O–H groups in total. The molecular weight excluding hydrogens is 649 g/mol. The van der Waals surface area contributed by atoms with E-state index in [9.17, 15) is 0 Å². The molecule has 5 aromatic carbocycles. The molecule has 5 nitrogen and oxygen atoms in total. The number of nitrogens with zero attached hydrogens (tertiary/aromatic N) is 2. The maximum absolute atomic E-state index is 6.86. The quantitative estimate of drug-likeness (QED) is 0.194. The number of aromatic amines is 1. The molecule has 0 fully saturated rings. The van der Waals surface area contributed by atoms with Gasteiger partial charge in [-0.1, -0.05) is 127 Å². The van der Waals surface area contributed by atoms with Gasteiger partial charge in [-0.05, 0) is 81.5 Å². The minimum absolute atomic E-state index is 0.0116. The fourth-order valence-electron chi connectivity index (χ4n) is 9.27. The third-order valence-corrected chi connectivity index (χ3v) is 11.6. The number of para-hydroxylation sites is 1. The van der Waals surface area contributed by atoms with Crippen molar-refractivity contribution >= 4 is 28.1 Å². The second-order valence-corrected chi connectivity index (χ2v) is 14.4. The number of aromatic nitrogens is 1. The number of ether oxygens (including phenoxy) is 1. The van der Waals surface area contributed by atoms with Crippen molar-refractivity contribution < 1.29 is 4.74 Å². The van der Waals surface area contributed by atoms with Crippen LogP contribution in [0.2, 0.25) is 0 Å². The molecule has 0 saturated carbocycles. The smallest absolute Gasteiger partial charge is 0.159 e. The van der Waals surface area contributed by atoms with Crippen molar-refractivity contribution in [2.75, 3.05) is 0 Å². The first-order valence-corrected chi connectivity index (χ1v) is 18.6. The van der Waals surface area contributed by atoms with Crippen LogP contribution in [0.1, 0.15) is 58.8 Å². The van der Waals surface area contributed by atoms with Gasteiger partial charge in [0.1, 0.15) is 23.9 Å². The Morgan fingerprint density at radius 3 is 2.49 bits per heavy atom. The monoisotopic (exact) mass is 684 g/mol. The Kier molecular flexibility index (Phi) is 6.72. The van der Waals surface area contributed by atoms with E-state index in [-0.39, 0.29) is 12.3 Å². The molecule has 3 heterocycles. The molecule has 0 saturated heterocycles. The van der Waals surface area contributed by atoms with Gasteiger partial charge >= 0.3 is 0 Å². The first-order valence-electron chi connectivity index (χ1n) is 18.6. The van der Waals surface area contributed by atoms with Crippen molar-refractivity contribution in [1.29, 1.82) is 0 Å². The molecule has 1 aromatic heterocycles. The van der Waals surface area contributed by atoms with E-state index in [1.54, 1.807) is 0 Å². The van der Waals surface area contributed by atoms with Crippen molar-refractivity contribution in [1.82, 2.24) is 10.3 Å². The number of aliphatic imine (C=N–C) groups is 2. The normalized spacial score (nSPS) is 22.2. The van der Waals surface area contributed by atoms with Gasteiger partial charge in [0.05, 0.1) is 10.9 Å². The van der Waals surface area contributed by atoms with E-state index < -0.39 is 5.41 Å². The van der Waals surface area contributed by atoms with Crippen LogP contribution in [0, 0.1) is 0 Å². The molecule has 5 heteroatoms. The van der Waals surface area contributed by atoms with Crippen molar-refractivity contribution in [3.8, 4) is 16.9 Å². The summed E-state index contributed by atoms with van der Waals surface area (Å²) in [5.74, 6) is 2.45. The van der Waals surface area contributed by atoms with E-state index >= 15 is 0 Å². The SMILES string of the molecule is C1=CCC2Oc3ccc(C4=NC(c5ccc(-c6cccc7cc[nH]c67)cc5)=NC(c5ccccc5)N4)cc3C3(C2=C1)C1=C(C=CCC1)c1ccccc13. The van der Waals surface area contributed by atoms with Gasteiger partial charge in [0, 0.05) is 34.9 Å². The van der Waals surface area contributed by atoms with Crippen LogP contribution in [-0.2, 0) is 5.41 Å². The van der Waals surface area contributed by atoms with Crippen LogP contribution in [0.5, 0.6) is 5.75 Å². The number of allylic oxidation sites excluding steroid dienone is 6. The lowest BCUT2D eigenvalue weighted by molar-refractivity contribution is 0.203. The Bertz CT molecular complexity index is 2650. The zero-order chi connectivity index (χ0) is 34.9. The van der Waals surface area contributed by atoms with E-state index in [2.05, 4.69) is 156 Å². The first-order chi connectivity index (χ1) is 26.3. The number of H-pyrrole nitrogens is 1. The van der Waals surface area contributed by atoms with Crippen LogP contribution in [0.25, 0.3) is 27.6 Å². The highest BCUT2D eigenvalue weighted by atomic mass is 16.5. The van der Waals surface area contributed by atoms with Gasteiger partial charge in [-0.2, -0.15) is 0 Å². The first kappa shape index (κ1) is 30.2. The third-order valence-electron chi connectivity index (χ3n) is 11.6. The number of benzene rings is 5. The molecule has 1 spiro atoms. The van der Waals surface area contributed by atoms with Crippen molar-refractivity contribution in [3.05, 3.63) is 202 Å². The van der Waals surface area contributed by atoms with Crippen LogP contribution in [-0.4, -0.2) is 22.8 Å². The summed E-state index contributed by atoms with van der Waals surface area (Å²) in [5, 5.41) is 4.93. The lowest BCUT2D eigenvalue weighted by Gasteiger charge is -2.46. The maximum atomic E-state index is 6.86. The highest BCUT2D eigenvalue weighted by molar-refractivity contribution is 6.13. The molecule has 53 heavy (non-hydrogen) atoms. The van der Waals surface area contributed by atoms with Crippen molar-refractivity contribution in [3.63, 3.8) is 0 Å². The largest absolute Gasteiger partial charge is 0.485 e. The number of hydrogen-bond acceptors (Lipinski definition) is 4. The molecule has 3 atom stereocenters. The fraction of sp³-hybridized carbons (Fsp3) is 0.125. The van der Waals surface area contributed by atoms with Crippen LogP contribution in [0.15, 0.2) is 179 Å². The van der Waals surface area contributed by atoms with E-state index in [1.165, 1.54) is 44.4 Å². The molecule has 0 amide bonds. The molecule has 6 aromatic rings. The molecule has 254 valence electrons. The lowest BCUT2D eigenvalue weighted by atomic mass is 9.61. The predicted octanol–water partition coefficient (Wildman–Crippen LogP) is 10.4. The summed E-state index contributed by atoms with van der Waals surface area (Å²) >= 11 is 0. The van der Waals surface area contributed by atoms with E-state index in [4.69, 9.17) is 14.7 Å². The Morgan fingerprint density at radius 1 is 0.736 bits per heavy atom. The van der Waals surface area contributed by atoms with Crippen LogP contribution < -0.4 is 10.1 Å². The number of hydrogen-bond donors (Lipinski definition) is 2. The predicted molar refractivity (Wildman–Crippen MR) is 214 cm³/mol. The van der Waals surface area contributed by atoms with Gasteiger partial charge < -0.3 is 15.0 Å². The summed E-state index contributed by atoms with van der Waals surface area (Å²) in [4.78, 5) is 13.9.